The molecular formula is C12H15BrN2S. The Morgan fingerprint density at radius 3 is 3.00 bits per heavy atom. The molecule has 2 nitrogen and oxygen atoms in total. The van der Waals surface area contributed by atoms with Crippen molar-refractivity contribution in [3.8, 4) is 0 Å². The van der Waals surface area contributed by atoms with Gasteiger partial charge >= 0.3 is 0 Å². The van der Waals surface area contributed by atoms with Crippen molar-refractivity contribution in [2.24, 2.45) is 4.99 Å². The molecule has 2 rings (SSSR count). The fraction of sp³-hybridized carbons (Fsp3) is 0.417. The molecule has 0 saturated carbocycles. The quantitative estimate of drug-likeness (QED) is 0.902. The molecule has 0 fully saturated rings. The van der Waals surface area contributed by atoms with Gasteiger partial charge in [0.15, 0.2) is 5.17 Å². The van der Waals surface area contributed by atoms with Crippen LogP contribution in [-0.4, -0.2) is 17.0 Å². The Balaban J connectivity index is 2.03. The Hall–Kier alpha value is -0.480. The number of aliphatic imine (C=N–C) groups is 1. The highest BCUT2D eigenvalue weighted by Gasteiger charge is 2.16. The van der Waals surface area contributed by atoms with Crippen LogP contribution < -0.4 is 5.32 Å². The largest absolute Gasteiger partial charge is 0.358 e. The molecular weight excluding hydrogens is 284 g/mol. The zero-order valence-corrected chi connectivity index (χ0v) is 11.8. The normalized spacial score (nSPS) is 21.7. The number of thioether (sulfide) groups is 1. The molecule has 4 heteroatoms. The topological polar surface area (TPSA) is 24.4 Å². The van der Waals surface area contributed by atoms with E-state index in [1.807, 2.05) is 6.07 Å². The van der Waals surface area contributed by atoms with E-state index in [-0.39, 0.29) is 0 Å². The Bertz CT molecular complexity index is 406. The first kappa shape index (κ1) is 12.0. The van der Waals surface area contributed by atoms with Gasteiger partial charge in [0.2, 0.25) is 0 Å². The highest BCUT2D eigenvalue weighted by Crippen LogP contribution is 2.21. The molecule has 0 aromatic heterocycles. The van der Waals surface area contributed by atoms with Crippen molar-refractivity contribution in [1.29, 1.82) is 0 Å². The van der Waals surface area contributed by atoms with Crippen molar-refractivity contribution >= 4 is 32.9 Å². The Labute approximate surface area is 109 Å². The summed E-state index contributed by atoms with van der Waals surface area (Å²) in [6.45, 7) is 4.30. The second-order valence-electron chi connectivity index (χ2n) is 4.02. The van der Waals surface area contributed by atoms with Crippen molar-refractivity contribution in [2.75, 3.05) is 5.75 Å². The lowest BCUT2D eigenvalue weighted by Crippen LogP contribution is -2.22. The molecule has 1 aliphatic rings. The molecule has 1 N–H and O–H groups in total. The van der Waals surface area contributed by atoms with E-state index in [1.54, 1.807) is 11.8 Å². The van der Waals surface area contributed by atoms with Gasteiger partial charge in [-0.1, -0.05) is 39.8 Å². The Morgan fingerprint density at radius 1 is 1.56 bits per heavy atom. The van der Waals surface area contributed by atoms with Crippen LogP contribution in [0.15, 0.2) is 33.7 Å². The molecule has 0 saturated heterocycles. The molecule has 1 aliphatic heterocycles. The number of amidine groups is 1. The maximum Gasteiger partial charge on any atom is 0.157 e. The number of halogens is 1. The average molecular weight is 299 g/mol. The van der Waals surface area contributed by atoms with Crippen LogP contribution in [0.5, 0.6) is 0 Å². The second-order valence-corrected chi connectivity index (χ2v) is 5.94. The number of hydrogen-bond acceptors (Lipinski definition) is 3. The third kappa shape index (κ3) is 3.01. The number of benzene rings is 1. The van der Waals surface area contributed by atoms with Crippen molar-refractivity contribution in [1.82, 2.24) is 5.32 Å². The van der Waals surface area contributed by atoms with E-state index < -0.39 is 0 Å². The fourth-order valence-corrected chi connectivity index (χ4v) is 3.00. The van der Waals surface area contributed by atoms with E-state index in [4.69, 9.17) is 0 Å². The number of nitrogens with one attached hydrogen (secondary N) is 1. The SMILES string of the molecule is CC1CSC(NC(C)c2cccc(Br)c2)=N1. The van der Waals surface area contributed by atoms with Gasteiger partial charge in [-0.15, -0.1) is 0 Å². The lowest BCUT2D eigenvalue weighted by Gasteiger charge is -2.15. The summed E-state index contributed by atoms with van der Waals surface area (Å²) in [5, 5.41) is 4.51. The monoisotopic (exact) mass is 298 g/mol. The second kappa shape index (κ2) is 5.23. The first-order valence-electron chi connectivity index (χ1n) is 5.38. The third-order valence-corrected chi connectivity index (χ3v) is 4.13. The van der Waals surface area contributed by atoms with Crippen LogP contribution in [0.3, 0.4) is 0 Å². The van der Waals surface area contributed by atoms with Crippen LogP contribution in [0.4, 0.5) is 0 Å². The molecule has 1 aromatic carbocycles. The molecule has 2 unspecified atom stereocenters. The lowest BCUT2D eigenvalue weighted by atomic mass is 10.1. The third-order valence-electron chi connectivity index (χ3n) is 2.49. The number of hydrogen-bond donors (Lipinski definition) is 1. The summed E-state index contributed by atoms with van der Waals surface area (Å²) < 4.78 is 1.12. The van der Waals surface area contributed by atoms with Crippen molar-refractivity contribution < 1.29 is 0 Å². The molecule has 16 heavy (non-hydrogen) atoms. The van der Waals surface area contributed by atoms with E-state index in [1.165, 1.54) is 5.56 Å². The molecule has 0 radical (unpaired) electrons. The Kier molecular flexibility index (Phi) is 3.92. The highest BCUT2D eigenvalue weighted by molar-refractivity contribution is 9.10. The van der Waals surface area contributed by atoms with E-state index in [9.17, 15) is 0 Å². The molecule has 2 atom stereocenters. The summed E-state index contributed by atoms with van der Waals surface area (Å²) in [6.07, 6.45) is 0. The van der Waals surface area contributed by atoms with Gasteiger partial charge < -0.3 is 5.32 Å². The van der Waals surface area contributed by atoms with E-state index in [0.29, 0.717) is 12.1 Å². The van der Waals surface area contributed by atoms with Gasteiger partial charge in [-0.2, -0.15) is 0 Å². The minimum atomic E-state index is 0.300. The van der Waals surface area contributed by atoms with Crippen LogP contribution in [0.25, 0.3) is 0 Å². The lowest BCUT2D eigenvalue weighted by molar-refractivity contribution is 0.718. The smallest absolute Gasteiger partial charge is 0.157 e. The summed E-state index contributed by atoms with van der Waals surface area (Å²) >= 11 is 5.29. The molecule has 1 heterocycles. The first-order chi connectivity index (χ1) is 7.65. The van der Waals surface area contributed by atoms with Crippen LogP contribution in [-0.2, 0) is 0 Å². The molecule has 86 valence electrons. The van der Waals surface area contributed by atoms with Crippen LogP contribution in [0.2, 0.25) is 0 Å². The average Bonchev–Trinajstić information content (AvgIpc) is 2.64. The predicted molar refractivity (Wildman–Crippen MR) is 75.0 cm³/mol. The van der Waals surface area contributed by atoms with E-state index in [2.05, 4.69) is 58.3 Å². The minimum absolute atomic E-state index is 0.300. The summed E-state index contributed by atoms with van der Waals surface area (Å²) in [7, 11) is 0. The van der Waals surface area contributed by atoms with Gasteiger partial charge in [0.05, 0.1) is 12.1 Å². The van der Waals surface area contributed by atoms with Gasteiger partial charge in [-0.05, 0) is 31.5 Å². The number of nitrogens with zero attached hydrogens (tertiary/aromatic N) is 1. The summed E-state index contributed by atoms with van der Waals surface area (Å²) in [4.78, 5) is 4.53. The van der Waals surface area contributed by atoms with E-state index >= 15 is 0 Å². The summed E-state index contributed by atoms with van der Waals surface area (Å²) in [5.74, 6) is 1.09. The predicted octanol–water partition coefficient (Wildman–Crippen LogP) is 3.59. The number of rotatable bonds is 2. The van der Waals surface area contributed by atoms with Crippen LogP contribution >= 0.6 is 27.7 Å². The maximum absolute atomic E-state index is 4.53. The highest BCUT2D eigenvalue weighted by atomic mass is 79.9. The van der Waals surface area contributed by atoms with Gasteiger partial charge in [-0.25, -0.2) is 0 Å². The van der Waals surface area contributed by atoms with Gasteiger partial charge in [0.1, 0.15) is 0 Å². The Morgan fingerprint density at radius 2 is 2.38 bits per heavy atom. The summed E-state index contributed by atoms with van der Waals surface area (Å²) in [5.41, 5.74) is 1.28. The molecule has 0 amide bonds. The van der Waals surface area contributed by atoms with Crippen molar-refractivity contribution in [3.63, 3.8) is 0 Å². The molecule has 0 spiro atoms. The van der Waals surface area contributed by atoms with Gasteiger partial charge in [-0.3, -0.25) is 4.99 Å². The zero-order valence-electron chi connectivity index (χ0n) is 9.40. The molecule has 0 aliphatic carbocycles. The standard InChI is InChI=1S/C12H15BrN2S/c1-8-7-16-12(14-8)15-9(2)10-4-3-5-11(13)6-10/h3-6,8-9H,7H2,1-2H3,(H,14,15). The fourth-order valence-electron chi connectivity index (χ4n) is 1.60. The maximum atomic E-state index is 4.53. The van der Waals surface area contributed by atoms with E-state index in [0.717, 1.165) is 15.4 Å². The van der Waals surface area contributed by atoms with Gasteiger partial charge in [0, 0.05) is 10.2 Å². The zero-order chi connectivity index (χ0) is 11.5. The van der Waals surface area contributed by atoms with Gasteiger partial charge in [0.25, 0.3) is 0 Å². The molecule has 1 aromatic rings. The first-order valence-corrected chi connectivity index (χ1v) is 7.15. The van der Waals surface area contributed by atoms with Crippen molar-refractivity contribution in [2.45, 2.75) is 25.9 Å². The minimum Gasteiger partial charge on any atom is -0.358 e. The van der Waals surface area contributed by atoms with Crippen LogP contribution in [0.1, 0.15) is 25.5 Å². The van der Waals surface area contributed by atoms with Crippen LogP contribution in [0, 0.1) is 0 Å². The molecule has 0 bridgehead atoms. The van der Waals surface area contributed by atoms with Crippen molar-refractivity contribution in [3.05, 3.63) is 34.3 Å². The summed E-state index contributed by atoms with van der Waals surface area (Å²) in [6, 6.07) is 9.12.